The summed E-state index contributed by atoms with van der Waals surface area (Å²) in [6.07, 6.45) is 0.947. The van der Waals surface area contributed by atoms with Gasteiger partial charge in [0, 0.05) is 5.69 Å². The number of anilines is 1. The molecule has 0 aliphatic heterocycles. The first-order valence-electron chi connectivity index (χ1n) is 5.57. The number of hydrogen-bond acceptors (Lipinski definition) is 3. The maximum Gasteiger partial charge on any atom is 0.250 e. The van der Waals surface area contributed by atoms with Crippen LogP contribution in [0.25, 0.3) is 0 Å². The molecule has 1 unspecified atom stereocenters. The molecule has 1 aromatic rings. The van der Waals surface area contributed by atoms with Crippen LogP contribution in [0.4, 0.5) is 5.69 Å². The number of carbonyl (C=O) groups is 1. The van der Waals surface area contributed by atoms with Crippen LogP contribution < -0.4 is 5.32 Å². The average molecular weight is 232 g/mol. The lowest BCUT2D eigenvalue weighted by atomic mass is 10.2. The molecule has 17 heavy (non-hydrogen) atoms. The van der Waals surface area contributed by atoms with Crippen LogP contribution >= 0.6 is 0 Å². The lowest BCUT2D eigenvalue weighted by molar-refractivity contribution is -0.122. The van der Waals surface area contributed by atoms with E-state index < -0.39 is 0 Å². The molecule has 0 aromatic heterocycles. The third kappa shape index (κ3) is 4.66. The van der Waals surface area contributed by atoms with Crippen LogP contribution in [0.1, 0.15) is 25.8 Å². The zero-order chi connectivity index (χ0) is 12.7. The van der Waals surface area contributed by atoms with Gasteiger partial charge < -0.3 is 10.1 Å². The zero-order valence-electron chi connectivity index (χ0n) is 10.1. The molecule has 0 bridgehead atoms. The Morgan fingerprint density at radius 2 is 2.35 bits per heavy atom. The van der Waals surface area contributed by atoms with Gasteiger partial charge in [-0.25, -0.2) is 0 Å². The molecule has 0 spiro atoms. The van der Waals surface area contributed by atoms with E-state index in [2.05, 4.69) is 5.32 Å². The summed E-state index contributed by atoms with van der Waals surface area (Å²) in [6.45, 7) is 3.95. The van der Waals surface area contributed by atoms with Crippen molar-refractivity contribution in [2.24, 2.45) is 0 Å². The van der Waals surface area contributed by atoms with E-state index in [0.717, 1.165) is 6.42 Å². The van der Waals surface area contributed by atoms with Gasteiger partial charge in [-0.3, -0.25) is 4.79 Å². The number of carbonyl (C=O) groups excluding carboxylic acids is 1. The topological polar surface area (TPSA) is 62.1 Å². The molecule has 0 saturated heterocycles. The molecular weight excluding hydrogens is 216 g/mol. The van der Waals surface area contributed by atoms with Crippen LogP contribution in [0, 0.1) is 11.3 Å². The second-order valence-electron chi connectivity index (χ2n) is 3.77. The summed E-state index contributed by atoms with van der Waals surface area (Å²) < 4.78 is 5.30. The van der Waals surface area contributed by atoms with Gasteiger partial charge in [0.05, 0.1) is 17.7 Å². The van der Waals surface area contributed by atoms with Gasteiger partial charge in [0.25, 0.3) is 0 Å². The van der Waals surface area contributed by atoms with Crippen molar-refractivity contribution in [3.8, 4) is 6.07 Å². The van der Waals surface area contributed by atoms with Crippen molar-refractivity contribution < 1.29 is 9.53 Å². The first-order chi connectivity index (χ1) is 8.15. The fourth-order valence-electron chi connectivity index (χ4n) is 1.20. The Morgan fingerprint density at radius 3 is 3.00 bits per heavy atom. The standard InChI is InChI=1S/C13H16N2O2/c1-3-10(2)17-9-13(16)15-12-6-4-5-11(7-12)8-14/h4-7,10H,3,9H2,1-2H3,(H,15,16). The van der Waals surface area contributed by atoms with E-state index in [1.165, 1.54) is 0 Å². The maximum absolute atomic E-state index is 11.5. The summed E-state index contributed by atoms with van der Waals surface area (Å²) in [6, 6.07) is 8.79. The quantitative estimate of drug-likeness (QED) is 0.847. The number of benzene rings is 1. The molecule has 1 aromatic carbocycles. The highest BCUT2D eigenvalue weighted by Crippen LogP contribution is 2.09. The molecule has 0 saturated carbocycles. The van der Waals surface area contributed by atoms with E-state index in [-0.39, 0.29) is 18.6 Å². The minimum atomic E-state index is -0.208. The van der Waals surface area contributed by atoms with Crippen LogP contribution in [-0.4, -0.2) is 18.6 Å². The van der Waals surface area contributed by atoms with E-state index in [0.29, 0.717) is 11.3 Å². The lowest BCUT2D eigenvalue weighted by Gasteiger charge is -2.10. The molecular formula is C13H16N2O2. The van der Waals surface area contributed by atoms with Gasteiger partial charge >= 0.3 is 0 Å². The Hall–Kier alpha value is -1.86. The highest BCUT2D eigenvalue weighted by Gasteiger charge is 2.05. The van der Waals surface area contributed by atoms with Crippen molar-refractivity contribution in [1.29, 1.82) is 5.26 Å². The average Bonchev–Trinajstić information content (AvgIpc) is 2.36. The lowest BCUT2D eigenvalue weighted by Crippen LogP contribution is -2.21. The summed E-state index contributed by atoms with van der Waals surface area (Å²) >= 11 is 0. The summed E-state index contributed by atoms with van der Waals surface area (Å²) in [5, 5.41) is 11.4. The number of nitriles is 1. The molecule has 4 nitrogen and oxygen atoms in total. The SMILES string of the molecule is CCC(C)OCC(=O)Nc1cccc(C#N)c1. The Bertz CT molecular complexity index is 424. The molecule has 0 aliphatic carbocycles. The summed E-state index contributed by atoms with van der Waals surface area (Å²) in [5.41, 5.74) is 1.13. The molecule has 1 rings (SSSR count). The van der Waals surface area contributed by atoms with Crippen LogP contribution in [-0.2, 0) is 9.53 Å². The van der Waals surface area contributed by atoms with Gasteiger partial charge in [0.2, 0.25) is 5.91 Å². The van der Waals surface area contributed by atoms with E-state index in [4.69, 9.17) is 10.00 Å². The fraction of sp³-hybridized carbons (Fsp3) is 0.385. The third-order valence-electron chi connectivity index (χ3n) is 2.35. The largest absolute Gasteiger partial charge is 0.369 e. The van der Waals surface area contributed by atoms with Crippen molar-refractivity contribution in [1.82, 2.24) is 0 Å². The van der Waals surface area contributed by atoms with Crippen molar-refractivity contribution in [2.75, 3.05) is 11.9 Å². The van der Waals surface area contributed by atoms with Crippen LogP contribution in [0.15, 0.2) is 24.3 Å². The monoisotopic (exact) mass is 232 g/mol. The molecule has 1 atom stereocenters. The van der Waals surface area contributed by atoms with Crippen molar-refractivity contribution in [2.45, 2.75) is 26.4 Å². The minimum absolute atomic E-state index is 0.0335. The molecule has 0 aliphatic rings. The van der Waals surface area contributed by atoms with Crippen LogP contribution in [0.2, 0.25) is 0 Å². The Labute approximate surface area is 101 Å². The second kappa shape index (κ2) is 6.66. The number of hydrogen-bond donors (Lipinski definition) is 1. The normalized spacial score (nSPS) is 11.6. The van der Waals surface area contributed by atoms with Gasteiger partial charge in [-0.1, -0.05) is 13.0 Å². The predicted octanol–water partition coefficient (Wildman–Crippen LogP) is 2.31. The van der Waals surface area contributed by atoms with Crippen molar-refractivity contribution in [3.63, 3.8) is 0 Å². The van der Waals surface area contributed by atoms with E-state index in [1.54, 1.807) is 24.3 Å². The molecule has 0 heterocycles. The van der Waals surface area contributed by atoms with Gasteiger partial charge in [-0.05, 0) is 31.5 Å². The van der Waals surface area contributed by atoms with Gasteiger partial charge in [-0.15, -0.1) is 0 Å². The van der Waals surface area contributed by atoms with E-state index >= 15 is 0 Å². The van der Waals surface area contributed by atoms with Gasteiger partial charge in [0.1, 0.15) is 6.61 Å². The molecule has 4 heteroatoms. The highest BCUT2D eigenvalue weighted by molar-refractivity contribution is 5.91. The fourth-order valence-corrected chi connectivity index (χ4v) is 1.20. The second-order valence-corrected chi connectivity index (χ2v) is 3.77. The molecule has 0 radical (unpaired) electrons. The first kappa shape index (κ1) is 13.2. The Balaban J connectivity index is 2.48. The molecule has 1 N–H and O–H groups in total. The summed E-state index contributed by atoms with van der Waals surface area (Å²) in [7, 11) is 0. The number of amides is 1. The van der Waals surface area contributed by atoms with Gasteiger partial charge in [-0.2, -0.15) is 5.26 Å². The first-order valence-corrected chi connectivity index (χ1v) is 5.57. The number of nitrogens with one attached hydrogen (secondary N) is 1. The summed E-state index contributed by atoms with van der Waals surface area (Å²) in [4.78, 5) is 11.5. The number of rotatable bonds is 5. The minimum Gasteiger partial charge on any atom is -0.369 e. The molecule has 1 amide bonds. The van der Waals surface area contributed by atoms with E-state index in [9.17, 15) is 4.79 Å². The number of ether oxygens (including phenoxy) is 1. The summed E-state index contributed by atoms with van der Waals surface area (Å²) in [5.74, 6) is -0.208. The van der Waals surface area contributed by atoms with E-state index in [1.807, 2.05) is 19.9 Å². The number of nitrogens with zero attached hydrogens (tertiary/aromatic N) is 1. The van der Waals surface area contributed by atoms with Crippen molar-refractivity contribution in [3.05, 3.63) is 29.8 Å². The maximum atomic E-state index is 11.5. The smallest absolute Gasteiger partial charge is 0.250 e. The third-order valence-corrected chi connectivity index (χ3v) is 2.35. The zero-order valence-corrected chi connectivity index (χ0v) is 10.1. The molecule has 90 valence electrons. The van der Waals surface area contributed by atoms with Gasteiger partial charge in [0.15, 0.2) is 0 Å². The highest BCUT2D eigenvalue weighted by atomic mass is 16.5. The van der Waals surface area contributed by atoms with Crippen molar-refractivity contribution >= 4 is 11.6 Å². The Morgan fingerprint density at radius 1 is 1.59 bits per heavy atom. The predicted molar refractivity (Wildman–Crippen MR) is 65.5 cm³/mol. The molecule has 0 fully saturated rings. The van der Waals surface area contributed by atoms with Crippen LogP contribution in [0.5, 0.6) is 0 Å². The van der Waals surface area contributed by atoms with Crippen LogP contribution in [0.3, 0.4) is 0 Å². The Kier molecular flexibility index (Phi) is 5.18.